The Hall–Kier alpha value is -1.79. The van der Waals surface area contributed by atoms with Crippen LogP contribution in [0.1, 0.15) is 43.7 Å². The number of anilines is 1. The van der Waals surface area contributed by atoms with Crippen molar-refractivity contribution in [3.8, 4) is 11.8 Å². The number of amides is 1. The van der Waals surface area contributed by atoms with E-state index in [2.05, 4.69) is 24.1 Å². The lowest BCUT2D eigenvalue weighted by molar-refractivity contribution is -0.124. The third-order valence-corrected chi connectivity index (χ3v) is 4.00. The Morgan fingerprint density at radius 2 is 2.10 bits per heavy atom. The topological polar surface area (TPSA) is 55.1 Å². The third-order valence-electron chi connectivity index (χ3n) is 4.00. The predicted molar refractivity (Wildman–Crippen MR) is 82.3 cm³/mol. The molecule has 1 aliphatic rings. The molecule has 0 aromatic heterocycles. The molecule has 0 saturated heterocycles. The molecule has 3 nitrogen and oxygen atoms in total. The molecule has 20 heavy (non-hydrogen) atoms. The molecule has 1 amide bonds. The Kier molecular flexibility index (Phi) is 4.46. The molecule has 1 aromatic carbocycles. The molecule has 1 fully saturated rings. The molecule has 106 valence electrons. The van der Waals surface area contributed by atoms with Crippen LogP contribution in [-0.2, 0) is 4.79 Å². The van der Waals surface area contributed by atoms with Crippen LogP contribution < -0.4 is 11.1 Å². The Balaban J connectivity index is 2.23. The van der Waals surface area contributed by atoms with E-state index in [0.717, 1.165) is 42.5 Å². The number of hydrogen-bond donors (Lipinski definition) is 2. The van der Waals surface area contributed by atoms with E-state index in [4.69, 9.17) is 5.73 Å². The van der Waals surface area contributed by atoms with Gasteiger partial charge in [-0.05, 0) is 37.5 Å². The zero-order valence-corrected chi connectivity index (χ0v) is 12.3. The quantitative estimate of drug-likeness (QED) is 0.812. The second-order valence-electron chi connectivity index (χ2n) is 5.78. The van der Waals surface area contributed by atoms with Crippen molar-refractivity contribution in [2.45, 2.75) is 39.5 Å². The van der Waals surface area contributed by atoms with Gasteiger partial charge in [-0.1, -0.05) is 37.7 Å². The average molecular weight is 270 g/mol. The fourth-order valence-electron chi connectivity index (χ4n) is 2.67. The maximum Gasteiger partial charge on any atom is 0.230 e. The van der Waals surface area contributed by atoms with Gasteiger partial charge < -0.3 is 11.1 Å². The summed E-state index contributed by atoms with van der Waals surface area (Å²) in [5.74, 6) is 5.97. The lowest BCUT2D eigenvalue weighted by Crippen LogP contribution is -2.31. The van der Waals surface area contributed by atoms with E-state index in [0.29, 0.717) is 6.54 Å². The Bertz CT molecular complexity index is 560. The predicted octanol–water partition coefficient (Wildman–Crippen LogP) is 2.82. The van der Waals surface area contributed by atoms with Crippen LogP contribution >= 0.6 is 0 Å². The van der Waals surface area contributed by atoms with Crippen molar-refractivity contribution in [1.82, 2.24) is 0 Å². The first kappa shape index (κ1) is 14.6. The van der Waals surface area contributed by atoms with Crippen molar-refractivity contribution in [1.29, 1.82) is 0 Å². The summed E-state index contributed by atoms with van der Waals surface area (Å²) in [4.78, 5) is 12.5. The molecular formula is C17H22N2O. The molecule has 0 atom stereocenters. The summed E-state index contributed by atoms with van der Waals surface area (Å²) >= 11 is 0. The van der Waals surface area contributed by atoms with Crippen molar-refractivity contribution in [3.63, 3.8) is 0 Å². The summed E-state index contributed by atoms with van der Waals surface area (Å²) in [5, 5.41) is 3.06. The van der Waals surface area contributed by atoms with Crippen LogP contribution in [0.15, 0.2) is 18.2 Å². The Morgan fingerprint density at radius 3 is 2.75 bits per heavy atom. The second kappa shape index (κ2) is 6.11. The first-order valence-corrected chi connectivity index (χ1v) is 7.16. The highest BCUT2D eigenvalue weighted by atomic mass is 16.2. The SMILES string of the molecule is Cc1ccc(C#CCN)c(NC(=O)C2(C)CCCC2)c1. The molecular weight excluding hydrogens is 248 g/mol. The number of carbonyl (C=O) groups excluding carboxylic acids is 1. The van der Waals surface area contributed by atoms with Gasteiger partial charge in [0, 0.05) is 11.0 Å². The van der Waals surface area contributed by atoms with Crippen LogP contribution in [0.3, 0.4) is 0 Å². The Labute approximate surface area is 120 Å². The van der Waals surface area contributed by atoms with E-state index in [1.54, 1.807) is 0 Å². The lowest BCUT2D eigenvalue weighted by atomic mass is 9.87. The van der Waals surface area contributed by atoms with Crippen molar-refractivity contribution in [3.05, 3.63) is 29.3 Å². The van der Waals surface area contributed by atoms with E-state index in [1.165, 1.54) is 0 Å². The summed E-state index contributed by atoms with van der Waals surface area (Å²) < 4.78 is 0. The maximum absolute atomic E-state index is 12.5. The van der Waals surface area contributed by atoms with E-state index in [9.17, 15) is 4.79 Å². The molecule has 3 heteroatoms. The van der Waals surface area contributed by atoms with Crippen LogP contribution in [0.2, 0.25) is 0 Å². The van der Waals surface area contributed by atoms with Gasteiger partial charge in [0.05, 0.1) is 12.2 Å². The highest BCUT2D eigenvalue weighted by molar-refractivity contribution is 5.96. The molecule has 0 bridgehead atoms. The molecule has 1 aliphatic carbocycles. The van der Waals surface area contributed by atoms with Crippen molar-refractivity contribution in [2.75, 3.05) is 11.9 Å². The summed E-state index contributed by atoms with van der Waals surface area (Å²) in [7, 11) is 0. The number of carbonyl (C=O) groups is 1. The molecule has 3 N–H and O–H groups in total. The monoisotopic (exact) mass is 270 g/mol. The molecule has 0 heterocycles. The smallest absolute Gasteiger partial charge is 0.230 e. The van der Waals surface area contributed by atoms with Gasteiger partial charge in [-0.2, -0.15) is 0 Å². The minimum Gasteiger partial charge on any atom is -0.324 e. The number of benzene rings is 1. The summed E-state index contributed by atoms with van der Waals surface area (Å²) in [6.07, 6.45) is 4.21. The van der Waals surface area contributed by atoms with Crippen LogP contribution in [-0.4, -0.2) is 12.5 Å². The average Bonchev–Trinajstić information content (AvgIpc) is 2.86. The first-order chi connectivity index (χ1) is 9.55. The van der Waals surface area contributed by atoms with Crippen molar-refractivity contribution >= 4 is 11.6 Å². The minimum absolute atomic E-state index is 0.108. The third kappa shape index (κ3) is 3.20. The van der Waals surface area contributed by atoms with E-state index in [-0.39, 0.29) is 11.3 Å². The van der Waals surface area contributed by atoms with Gasteiger partial charge in [0.1, 0.15) is 0 Å². The zero-order chi connectivity index (χ0) is 14.6. The number of rotatable bonds is 2. The van der Waals surface area contributed by atoms with E-state index in [1.807, 2.05) is 25.1 Å². The van der Waals surface area contributed by atoms with Crippen molar-refractivity contribution < 1.29 is 4.79 Å². The number of nitrogens with two attached hydrogens (primary N) is 1. The van der Waals surface area contributed by atoms with E-state index >= 15 is 0 Å². The highest BCUT2D eigenvalue weighted by Crippen LogP contribution is 2.38. The molecule has 0 spiro atoms. The van der Waals surface area contributed by atoms with Gasteiger partial charge in [-0.25, -0.2) is 0 Å². The number of nitrogens with one attached hydrogen (secondary N) is 1. The Morgan fingerprint density at radius 1 is 1.40 bits per heavy atom. The van der Waals surface area contributed by atoms with Gasteiger partial charge in [0.15, 0.2) is 0 Å². The van der Waals surface area contributed by atoms with Gasteiger partial charge in [-0.3, -0.25) is 4.79 Å². The van der Waals surface area contributed by atoms with Gasteiger partial charge in [0.2, 0.25) is 5.91 Å². The van der Waals surface area contributed by atoms with Gasteiger partial charge >= 0.3 is 0 Å². The van der Waals surface area contributed by atoms with Crippen molar-refractivity contribution in [2.24, 2.45) is 11.1 Å². The molecule has 1 saturated carbocycles. The van der Waals surface area contributed by atoms with E-state index < -0.39 is 0 Å². The van der Waals surface area contributed by atoms with Gasteiger partial charge in [-0.15, -0.1) is 0 Å². The summed E-state index contributed by atoms with van der Waals surface area (Å²) in [5.41, 5.74) is 7.92. The summed E-state index contributed by atoms with van der Waals surface area (Å²) in [6, 6.07) is 5.90. The number of hydrogen-bond acceptors (Lipinski definition) is 2. The largest absolute Gasteiger partial charge is 0.324 e. The molecule has 0 unspecified atom stereocenters. The van der Waals surface area contributed by atoms with Gasteiger partial charge in [0.25, 0.3) is 0 Å². The standard InChI is InChI=1S/C17H22N2O/c1-13-7-8-14(6-5-11-18)15(12-13)19-16(20)17(2)9-3-4-10-17/h7-8,12H,3-4,9-11,18H2,1-2H3,(H,19,20). The molecule has 2 rings (SSSR count). The molecule has 0 aliphatic heterocycles. The zero-order valence-electron chi connectivity index (χ0n) is 12.3. The minimum atomic E-state index is -0.234. The highest BCUT2D eigenvalue weighted by Gasteiger charge is 2.36. The maximum atomic E-state index is 12.5. The fourth-order valence-corrected chi connectivity index (χ4v) is 2.67. The van der Waals surface area contributed by atoms with Crippen LogP contribution in [0, 0.1) is 24.2 Å². The number of aryl methyl sites for hydroxylation is 1. The fraction of sp³-hybridized carbons (Fsp3) is 0.471. The molecule has 0 radical (unpaired) electrons. The second-order valence-corrected chi connectivity index (χ2v) is 5.78. The van der Waals surface area contributed by atoms with Crippen LogP contribution in [0.25, 0.3) is 0 Å². The summed E-state index contributed by atoms with van der Waals surface area (Å²) in [6.45, 7) is 4.38. The first-order valence-electron chi connectivity index (χ1n) is 7.16. The molecule has 1 aromatic rings. The van der Waals surface area contributed by atoms with Crippen LogP contribution in [0.4, 0.5) is 5.69 Å². The lowest BCUT2D eigenvalue weighted by Gasteiger charge is -2.22. The normalized spacial score (nSPS) is 16.4. The van der Waals surface area contributed by atoms with Crippen LogP contribution in [0.5, 0.6) is 0 Å².